The monoisotopic (exact) mass is 583 g/mol. The Balaban J connectivity index is 1.74. The number of carbonyl (C=O) groups is 1. The Morgan fingerprint density at radius 2 is 1.71 bits per heavy atom. The van der Waals surface area contributed by atoms with Crippen molar-refractivity contribution < 1.29 is 17.9 Å². The molecule has 1 aliphatic carbocycles. The van der Waals surface area contributed by atoms with E-state index in [1.807, 2.05) is 13.0 Å². The molecule has 38 heavy (non-hydrogen) atoms. The Labute approximate surface area is 236 Å². The van der Waals surface area contributed by atoms with Crippen molar-refractivity contribution in [2.75, 3.05) is 13.2 Å². The Hall–Kier alpha value is -1.58. The third kappa shape index (κ3) is 6.76. The molecule has 0 radical (unpaired) electrons. The van der Waals surface area contributed by atoms with Crippen LogP contribution in [0.1, 0.15) is 81.8 Å². The molecule has 0 atom stereocenters. The number of amides is 1. The molecule has 10 heteroatoms. The van der Waals surface area contributed by atoms with Crippen LogP contribution in [0, 0.1) is 12.8 Å². The van der Waals surface area contributed by atoms with Gasteiger partial charge in [0.15, 0.2) is 0 Å². The summed E-state index contributed by atoms with van der Waals surface area (Å²) >= 11 is 13.4. The number of ether oxygens (including phenoxy) is 1. The topological polar surface area (TPSA) is 89.4 Å². The number of carbonyl (C=O) groups excluding carboxylic acids is 1. The third-order valence-electron chi connectivity index (χ3n) is 7.39. The van der Waals surface area contributed by atoms with Crippen LogP contribution in [-0.4, -0.2) is 43.7 Å². The van der Waals surface area contributed by atoms with Crippen LogP contribution in [0.25, 0.3) is 11.3 Å². The Kier molecular flexibility index (Phi) is 9.20. The van der Waals surface area contributed by atoms with E-state index >= 15 is 0 Å². The molecule has 2 aliphatic rings. The molecule has 0 unspecified atom stereocenters. The van der Waals surface area contributed by atoms with Gasteiger partial charge in [-0.1, -0.05) is 42.5 Å². The molecule has 0 spiro atoms. The lowest BCUT2D eigenvalue weighted by molar-refractivity contribution is 0.0696. The minimum absolute atomic E-state index is 0.0304. The van der Waals surface area contributed by atoms with E-state index in [2.05, 4.69) is 14.6 Å². The van der Waals surface area contributed by atoms with Crippen molar-refractivity contribution >= 4 is 39.1 Å². The molecular formula is C28H39Cl2N3O4S. The van der Waals surface area contributed by atoms with Gasteiger partial charge in [-0.15, -0.1) is 0 Å². The Morgan fingerprint density at radius 1 is 1.05 bits per heavy atom. The zero-order valence-electron chi connectivity index (χ0n) is 22.7. The summed E-state index contributed by atoms with van der Waals surface area (Å²) in [6, 6.07) is 5.13. The van der Waals surface area contributed by atoms with E-state index in [1.54, 1.807) is 26.8 Å². The normalized spacial score (nSPS) is 18.1. The van der Waals surface area contributed by atoms with E-state index in [4.69, 9.17) is 27.9 Å². The highest BCUT2D eigenvalue weighted by molar-refractivity contribution is 7.89. The molecular weight excluding hydrogens is 545 g/mol. The fraction of sp³-hybridized carbons (Fsp3) is 0.607. The summed E-state index contributed by atoms with van der Waals surface area (Å²) in [7, 11) is -3.88. The quantitative estimate of drug-likeness (QED) is 0.398. The summed E-state index contributed by atoms with van der Waals surface area (Å²) < 4.78 is 36.3. The number of aromatic nitrogens is 1. The third-order valence-corrected chi connectivity index (χ3v) is 10.2. The number of nitrogens with zero attached hydrogens (tertiary/aromatic N) is 1. The summed E-state index contributed by atoms with van der Waals surface area (Å²) in [4.78, 5) is 13.3. The van der Waals surface area contributed by atoms with E-state index in [0.717, 1.165) is 43.6 Å². The summed E-state index contributed by atoms with van der Waals surface area (Å²) in [5, 5.41) is 3.29. The maximum Gasteiger partial charge on any atom is 0.253 e. The summed E-state index contributed by atoms with van der Waals surface area (Å²) in [6.07, 6.45) is 7.54. The number of halogens is 2. The molecule has 2 fully saturated rings. The first-order valence-electron chi connectivity index (χ1n) is 13.5. The lowest BCUT2D eigenvalue weighted by Crippen LogP contribution is -2.40. The molecule has 1 amide bonds. The average Bonchev–Trinajstić information content (AvgIpc) is 3.16. The van der Waals surface area contributed by atoms with Crippen LogP contribution in [-0.2, 0) is 21.3 Å². The van der Waals surface area contributed by atoms with Crippen molar-refractivity contribution in [3.05, 3.63) is 39.5 Å². The van der Waals surface area contributed by atoms with E-state index in [9.17, 15) is 13.2 Å². The largest absolute Gasteiger partial charge is 0.381 e. The highest BCUT2D eigenvalue weighted by Crippen LogP contribution is 2.40. The van der Waals surface area contributed by atoms with Crippen molar-refractivity contribution in [3.63, 3.8) is 0 Å². The number of benzene rings is 1. The van der Waals surface area contributed by atoms with Gasteiger partial charge in [0.05, 0.1) is 21.3 Å². The van der Waals surface area contributed by atoms with Crippen molar-refractivity contribution in [2.45, 2.75) is 95.7 Å². The number of sulfonamides is 1. The smallest absolute Gasteiger partial charge is 0.253 e. The van der Waals surface area contributed by atoms with Crippen LogP contribution in [0.15, 0.2) is 23.1 Å². The fourth-order valence-corrected chi connectivity index (χ4v) is 7.75. The Morgan fingerprint density at radius 3 is 2.34 bits per heavy atom. The number of hydrogen-bond acceptors (Lipinski definition) is 4. The predicted octanol–water partition coefficient (Wildman–Crippen LogP) is 6.34. The van der Waals surface area contributed by atoms with Gasteiger partial charge >= 0.3 is 0 Å². The maximum absolute atomic E-state index is 13.4. The van der Waals surface area contributed by atoms with Crippen molar-refractivity contribution in [2.24, 2.45) is 5.92 Å². The molecule has 2 heterocycles. The lowest BCUT2D eigenvalue weighted by atomic mass is 9.89. The van der Waals surface area contributed by atoms with Gasteiger partial charge in [0.25, 0.3) is 5.91 Å². The van der Waals surface area contributed by atoms with Gasteiger partial charge in [-0.25, -0.2) is 13.1 Å². The zero-order chi connectivity index (χ0) is 27.7. The highest BCUT2D eigenvalue weighted by Gasteiger charge is 2.29. The highest BCUT2D eigenvalue weighted by atomic mass is 35.5. The van der Waals surface area contributed by atoms with E-state index in [0.29, 0.717) is 30.3 Å². The van der Waals surface area contributed by atoms with Gasteiger partial charge in [0, 0.05) is 42.6 Å². The van der Waals surface area contributed by atoms with Gasteiger partial charge in [-0.2, -0.15) is 0 Å². The molecule has 210 valence electrons. The molecule has 7 nitrogen and oxygen atoms in total. The summed E-state index contributed by atoms with van der Waals surface area (Å²) in [5.74, 6) is 0.388. The van der Waals surface area contributed by atoms with Crippen LogP contribution in [0.5, 0.6) is 0 Å². The molecule has 1 aromatic heterocycles. The van der Waals surface area contributed by atoms with Crippen LogP contribution < -0.4 is 10.0 Å². The van der Waals surface area contributed by atoms with E-state index in [1.165, 1.54) is 25.3 Å². The van der Waals surface area contributed by atoms with Gasteiger partial charge in [0.2, 0.25) is 10.0 Å². The second-order valence-corrected chi connectivity index (χ2v) is 14.0. The van der Waals surface area contributed by atoms with Gasteiger partial charge in [-0.05, 0) is 77.5 Å². The molecule has 0 bridgehead atoms. The number of hydrogen-bond donors (Lipinski definition) is 2. The minimum Gasteiger partial charge on any atom is -0.381 e. The van der Waals surface area contributed by atoms with Crippen LogP contribution in [0.4, 0.5) is 0 Å². The number of rotatable bonds is 7. The van der Waals surface area contributed by atoms with Crippen LogP contribution >= 0.6 is 23.2 Å². The Bertz CT molecular complexity index is 1270. The fourth-order valence-electron chi connectivity index (χ4n) is 5.46. The van der Waals surface area contributed by atoms with Crippen LogP contribution in [0.2, 0.25) is 10.0 Å². The molecule has 1 saturated heterocycles. The van der Waals surface area contributed by atoms with Crippen molar-refractivity contribution in [3.8, 4) is 11.3 Å². The van der Waals surface area contributed by atoms with Gasteiger partial charge < -0.3 is 14.6 Å². The molecule has 4 rings (SSSR count). The standard InChI is InChI=1S/C28H39Cl2N3O4S/c1-18-22(27(34)31-20-12-14-37-15-13-20)16-23(33(18)17-19-8-6-5-7-9-19)21-10-11-24(26(30)25(21)29)38(35,36)32-28(2,3)4/h10-11,16,19-20,32H,5-9,12-15,17H2,1-4H3,(H,31,34). The molecule has 1 saturated carbocycles. The van der Waals surface area contributed by atoms with E-state index < -0.39 is 15.6 Å². The first-order chi connectivity index (χ1) is 17.9. The van der Waals surface area contributed by atoms with Gasteiger partial charge in [0.1, 0.15) is 4.90 Å². The first-order valence-corrected chi connectivity index (χ1v) is 15.7. The second kappa shape index (κ2) is 11.9. The summed E-state index contributed by atoms with van der Waals surface area (Å²) in [5.41, 5.74) is 2.17. The maximum atomic E-state index is 13.4. The molecule has 1 aliphatic heterocycles. The number of nitrogens with one attached hydrogen (secondary N) is 2. The summed E-state index contributed by atoms with van der Waals surface area (Å²) in [6.45, 7) is 9.32. The predicted molar refractivity (Wildman–Crippen MR) is 153 cm³/mol. The zero-order valence-corrected chi connectivity index (χ0v) is 25.0. The molecule has 1 aromatic carbocycles. The average molecular weight is 585 g/mol. The van der Waals surface area contributed by atoms with Crippen LogP contribution in [0.3, 0.4) is 0 Å². The minimum atomic E-state index is -3.88. The SMILES string of the molecule is Cc1c(C(=O)NC2CCOCC2)cc(-c2ccc(S(=O)(=O)NC(C)(C)C)c(Cl)c2Cl)n1CC1CCCCC1. The van der Waals surface area contributed by atoms with Gasteiger partial charge in [-0.3, -0.25) is 4.79 Å². The van der Waals surface area contributed by atoms with Crippen molar-refractivity contribution in [1.29, 1.82) is 0 Å². The first kappa shape index (κ1) is 29.4. The molecule has 2 aromatic rings. The lowest BCUT2D eigenvalue weighted by Gasteiger charge is -2.25. The molecule has 2 N–H and O–H groups in total. The van der Waals surface area contributed by atoms with Crippen molar-refractivity contribution in [1.82, 2.24) is 14.6 Å². The second-order valence-electron chi connectivity index (χ2n) is 11.6. The van der Waals surface area contributed by atoms with E-state index in [-0.39, 0.29) is 26.9 Å².